The van der Waals surface area contributed by atoms with Crippen LogP contribution in [-0.4, -0.2) is 12.2 Å². The van der Waals surface area contributed by atoms with Crippen LogP contribution in [0.5, 0.6) is 5.75 Å². The van der Waals surface area contributed by atoms with Gasteiger partial charge in [-0.1, -0.05) is 12.1 Å². The van der Waals surface area contributed by atoms with Crippen molar-refractivity contribution < 1.29 is 9.84 Å². The van der Waals surface area contributed by atoms with Crippen LogP contribution in [0.1, 0.15) is 36.5 Å². The topological polar surface area (TPSA) is 29.5 Å². The van der Waals surface area contributed by atoms with Gasteiger partial charge in [-0.2, -0.15) is 0 Å². The quantitative estimate of drug-likeness (QED) is 0.588. The number of aryl methyl sites for hydroxylation is 1. The van der Waals surface area contributed by atoms with Crippen molar-refractivity contribution in [3.63, 3.8) is 0 Å². The minimum absolute atomic E-state index is 0.385. The lowest BCUT2D eigenvalue weighted by Gasteiger charge is -2.12. The van der Waals surface area contributed by atoms with Gasteiger partial charge in [-0.25, -0.2) is 0 Å². The van der Waals surface area contributed by atoms with Crippen LogP contribution in [0.2, 0.25) is 0 Å². The summed E-state index contributed by atoms with van der Waals surface area (Å²) in [5, 5.41) is 9.96. The number of aliphatic hydroxyl groups excluding tert-OH is 1. The largest absolute Gasteiger partial charge is 0.496 e. The standard InChI is InChI=1S/C14H20O2/c1-4-5-6-7-13(15)12-8-9-14(16-3)11(2)10-12/h4,8-10,13,15H,1,5-7H2,2-3H3. The number of rotatable bonds is 6. The van der Waals surface area contributed by atoms with Gasteiger partial charge in [0.05, 0.1) is 13.2 Å². The predicted octanol–water partition coefficient (Wildman–Crippen LogP) is 3.39. The van der Waals surface area contributed by atoms with Crippen molar-refractivity contribution in [3.8, 4) is 5.75 Å². The lowest BCUT2D eigenvalue weighted by molar-refractivity contribution is 0.165. The van der Waals surface area contributed by atoms with Gasteiger partial charge in [0.2, 0.25) is 0 Å². The van der Waals surface area contributed by atoms with Gasteiger partial charge in [0.15, 0.2) is 0 Å². The van der Waals surface area contributed by atoms with Gasteiger partial charge in [0.25, 0.3) is 0 Å². The van der Waals surface area contributed by atoms with Crippen LogP contribution < -0.4 is 4.74 Å². The summed E-state index contributed by atoms with van der Waals surface area (Å²) in [7, 11) is 1.66. The number of hydrogen-bond acceptors (Lipinski definition) is 2. The Morgan fingerprint density at radius 3 is 2.81 bits per heavy atom. The first-order chi connectivity index (χ1) is 7.69. The number of methoxy groups -OCH3 is 1. The fourth-order valence-electron chi connectivity index (χ4n) is 1.73. The molecule has 0 radical (unpaired) electrons. The molecule has 1 aromatic rings. The van der Waals surface area contributed by atoms with E-state index in [1.807, 2.05) is 31.2 Å². The Balaban J connectivity index is 2.65. The monoisotopic (exact) mass is 220 g/mol. The molecule has 1 atom stereocenters. The van der Waals surface area contributed by atoms with Crippen molar-refractivity contribution in [3.05, 3.63) is 42.0 Å². The Morgan fingerprint density at radius 1 is 1.50 bits per heavy atom. The zero-order valence-corrected chi connectivity index (χ0v) is 10.1. The number of aliphatic hydroxyl groups is 1. The second-order valence-electron chi connectivity index (χ2n) is 3.96. The highest BCUT2D eigenvalue weighted by Crippen LogP contribution is 2.25. The molecule has 1 aromatic carbocycles. The number of unbranched alkanes of at least 4 members (excludes halogenated alkanes) is 1. The van der Waals surface area contributed by atoms with E-state index >= 15 is 0 Å². The molecule has 1 rings (SSSR count). The summed E-state index contributed by atoms with van der Waals surface area (Å²) in [6, 6.07) is 5.81. The third kappa shape index (κ3) is 3.38. The van der Waals surface area contributed by atoms with E-state index in [-0.39, 0.29) is 6.10 Å². The molecule has 1 unspecified atom stereocenters. The molecule has 0 bridgehead atoms. The maximum atomic E-state index is 9.96. The Morgan fingerprint density at radius 2 is 2.25 bits per heavy atom. The van der Waals surface area contributed by atoms with Crippen molar-refractivity contribution in [2.45, 2.75) is 32.3 Å². The first-order valence-corrected chi connectivity index (χ1v) is 5.62. The van der Waals surface area contributed by atoms with Crippen molar-refractivity contribution in [2.75, 3.05) is 7.11 Å². The van der Waals surface area contributed by atoms with E-state index in [1.165, 1.54) is 0 Å². The maximum absolute atomic E-state index is 9.96. The molecule has 0 aromatic heterocycles. The molecular formula is C14H20O2. The van der Waals surface area contributed by atoms with Gasteiger partial charge >= 0.3 is 0 Å². The first-order valence-electron chi connectivity index (χ1n) is 5.62. The summed E-state index contributed by atoms with van der Waals surface area (Å²) in [6.45, 7) is 5.65. The summed E-state index contributed by atoms with van der Waals surface area (Å²) in [6.07, 6.45) is 4.19. The van der Waals surface area contributed by atoms with E-state index in [0.717, 1.165) is 36.1 Å². The van der Waals surface area contributed by atoms with Crippen LogP contribution in [-0.2, 0) is 0 Å². The molecule has 0 amide bonds. The molecule has 88 valence electrons. The highest BCUT2D eigenvalue weighted by atomic mass is 16.5. The molecule has 1 N–H and O–H groups in total. The Bertz CT molecular complexity index is 345. The van der Waals surface area contributed by atoms with Gasteiger partial charge in [0.1, 0.15) is 5.75 Å². The molecule has 0 heterocycles. The van der Waals surface area contributed by atoms with Gasteiger partial charge in [-0.15, -0.1) is 6.58 Å². The number of hydrogen-bond donors (Lipinski definition) is 1. The molecule has 0 saturated carbocycles. The lowest BCUT2D eigenvalue weighted by Crippen LogP contribution is -1.98. The van der Waals surface area contributed by atoms with Crippen molar-refractivity contribution in [1.29, 1.82) is 0 Å². The predicted molar refractivity (Wildman–Crippen MR) is 66.7 cm³/mol. The fraction of sp³-hybridized carbons (Fsp3) is 0.429. The second-order valence-corrected chi connectivity index (χ2v) is 3.96. The summed E-state index contributed by atoms with van der Waals surface area (Å²) in [5.74, 6) is 0.863. The van der Waals surface area contributed by atoms with Crippen molar-refractivity contribution >= 4 is 0 Å². The molecule has 0 aliphatic carbocycles. The molecular weight excluding hydrogens is 200 g/mol. The minimum atomic E-state index is -0.385. The summed E-state index contributed by atoms with van der Waals surface area (Å²) >= 11 is 0. The summed E-state index contributed by atoms with van der Waals surface area (Å²) < 4.78 is 5.18. The van der Waals surface area contributed by atoms with Gasteiger partial charge in [0, 0.05) is 0 Å². The first kappa shape index (κ1) is 12.8. The van der Waals surface area contributed by atoms with E-state index in [1.54, 1.807) is 7.11 Å². The molecule has 0 saturated heterocycles. The number of ether oxygens (including phenoxy) is 1. The minimum Gasteiger partial charge on any atom is -0.496 e. The van der Waals surface area contributed by atoms with Crippen molar-refractivity contribution in [1.82, 2.24) is 0 Å². The van der Waals surface area contributed by atoms with E-state index in [2.05, 4.69) is 6.58 Å². The van der Waals surface area contributed by atoms with Crippen LogP contribution in [0, 0.1) is 6.92 Å². The summed E-state index contributed by atoms with van der Waals surface area (Å²) in [5.41, 5.74) is 2.02. The van der Waals surface area contributed by atoms with Gasteiger partial charge in [-0.3, -0.25) is 0 Å². The molecule has 2 nitrogen and oxygen atoms in total. The van der Waals surface area contributed by atoms with E-state index in [0.29, 0.717) is 0 Å². The van der Waals surface area contributed by atoms with Crippen LogP contribution in [0.3, 0.4) is 0 Å². The highest BCUT2D eigenvalue weighted by Gasteiger charge is 2.08. The molecule has 0 spiro atoms. The van der Waals surface area contributed by atoms with Gasteiger partial charge in [-0.05, 0) is 49.4 Å². The summed E-state index contributed by atoms with van der Waals surface area (Å²) in [4.78, 5) is 0. The van der Waals surface area contributed by atoms with E-state index < -0.39 is 0 Å². The molecule has 16 heavy (non-hydrogen) atoms. The normalized spacial score (nSPS) is 12.2. The average molecular weight is 220 g/mol. The van der Waals surface area contributed by atoms with E-state index in [4.69, 9.17) is 4.74 Å². The van der Waals surface area contributed by atoms with Gasteiger partial charge < -0.3 is 9.84 Å². The fourth-order valence-corrected chi connectivity index (χ4v) is 1.73. The lowest BCUT2D eigenvalue weighted by atomic mass is 10.0. The highest BCUT2D eigenvalue weighted by molar-refractivity contribution is 5.36. The maximum Gasteiger partial charge on any atom is 0.121 e. The Hall–Kier alpha value is -1.28. The third-order valence-corrected chi connectivity index (χ3v) is 2.69. The SMILES string of the molecule is C=CCCCC(O)c1ccc(OC)c(C)c1. The van der Waals surface area contributed by atoms with Crippen LogP contribution in [0.25, 0.3) is 0 Å². The molecule has 0 aliphatic rings. The number of allylic oxidation sites excluding steroid dienone is 1. The molecule has 2 heteroatoms. The van der Waals surface area contributed by atoms with Crippen molar-refractivity contribution in [2.24, 2.45) is 0 Å². The Kier molecular flexibility index (Phi) is 5.06. The zero-order valence-electron chi connectivity index (χ0n) is 10.1. The van der Waals surface area contributed by atoms with E-state index in [9.17, 15) is 5.11 Å². The third-order valence-electron chi connectivity index (χ3n) is 2.69. The second kappa shape index (κ2) is 6.33. The smallest absolute Gasteiger partial charge is 0.121 e. The molecule has 0 fully saturated rings. The van der Waals surface area contributed by atoms with Crippen LogP contribution in [0.4, 0.5) is 0 Å². The molecule has 0 aliphatic heterocycles. The van der Waals surface area contributed by atoms with Crippen LogP contribution >= 0.6 is 0 Å². The average Bonchev–Trinajstić information content (AvgIpc) is 2.29. The number of benzene rings is 1. The Labute approximate surface area is 97.6 Å². The zero-order chi connectivity index (χ0) is 12.0. The van der Waals surface area contributed by atoms with Crippen LogP contribution in [0.15, 0.2) is 30.9 Å².